The Morgan fingerprint density at radius 1 is 1.56 bits per heavy atom. The Bertz CT molecular complexity index is 462. The maximum absolute atomic E-state index is 11.2. The summed E-state index contributed by atoms with van der Waals surface area (Å²) < 4.78 is 5.29. The molecule has 6 heteroatoms. The molecule has 0 aromatic heterocycles. The molecule has 1 aliphatic heterocycles. The number of anilines is 1. The zero-order valence-corrected chi connectivity index (χ0v) is 10.1. The van der Waals surface area contributed by atoms with Gasteiger partial charge in [0.1, 0.15) is 11.4 Å². The summed E-state index contributed by atoms with van der Waals surface area (Å²) in [4.78, 5) is 11.2. The van der Waals surface area contributed by atoms with Gasteiger partial charge in [0.05, 0.1) is 6.10 Å². The van der Waals surface area contributed by atoms with E-state index in [4.69, 9.17) is 4.74 Å². The molecule has 1 amide bonds. The maximum Gasteiger partial charge on any atom is 0.262 e. The van der Waals surface area contributed by atoms with Gasteiger partial charge in [-0.3, -0.25) is 4.79 Å². The lowest BCUT2D eigenvalue weighted by Crippen LogP contribution is -2.27. The number of aliphatic hydroxyl groups is 1. The highest BCUT2D eigenvalue weighted by molar-refractivity contribution is 5.97. The van der Waals surface area contributed by atoms with E-state index in [-0.39, 0.29) is 24.0 Å². The van der Waals surface area contributed by atoms with Crippen LogP contribution in [-0.2, 0) is 4.79 Å². The molecule has 2 rings (SSSR count). The second-order valence-corrected chi connectivity index (χ2v) is 4.04. The minimum atomic E-state index is -0.755. The summed E-state index contributed by atoms with van der Waals surface area (Å²) in [6.07, 6.45) is -0.755. The van der Waals surface area contributed by atoms with Crippen molar-refractivity contribution in [2.75, 3.05) is 25.0 Å². The van der Waals surface area contributed by atoms with Crippen LogP contribution >= 0.6 is 0 Å². The van der Waals surface area contributed by atoms with Gasteiger partial charge < -0.3 is 25.6 Å². The van der Waals surface area contributed by atoms with Crippen LogP contribution in [0.4, 0.5) is 5.69 Å². The summed E-state index contributed by atoms with van der Waals surface area (Å²) in [5.74, 6) is -0.0615. The van der Waals surface area contributed by atoms with Gasteiger partial charge in [-0.2, -0.15) is 0 Å². The first-order valence-electron chi connectivity index (χ1n) is 5.80. The van der Waals surface area contributed by atoms with Gasteiger partial charge in [0.25, 0.3) is 5.91 Å². The summed E-state index contributed by atoms with van der Waals surface area (Å²) in [5.41, 5.74) is 0.767. The first-order chi connectivity index (χ1) is 8.63. The largest absolute Gasteiger partial charge is 0.506 e. The Hall–Kier alpha value is -1.79. The van der Waals surface area contributed by atoms with E-state index in [2.05, 4.69) is 10.6 Å². The highest BCUT2D eigenvalue weighted by atomic mass is 16.5. The number of benzene rings is 1. The van der Waals surface area contributed by atoms with E-state index < -0.39 is 6.10 Å². The van der Waals surface area contributed by atoms with Gasteiger partial charge in [-0.25, -0.2) is 0 Å². The van der Waals surface area contributed by atoms with Gasteiger partial charge in [0.2, 0.25) is 0 Å². The number of fused-ring (bicyclic) bond motifs is 1. The lowest BCUT2D eigenvalue weighted by atomic mass is 10.1. The molecule has 0 fully saturated rings. The van der Waals surface area contributed by atoms with E-state index in [1.54, 1.807) is 6.07 Å². The monoisotopic (exact) mass is 252 g/mol. The highest BCUT2D eigenvalue weighted by Gasteiger charge is 2.25. The second-order valence-electron chi connectivity index (χ2n) is 4.04. The average Bonchev–Trinajstić information content (AvgIpc) is 2.37. The fourth-order valence-electron chi connectivity index (χ4n) is 1.83. The van der Waals surface area contributed by atoms with Crippen LogP contribution in [-0.4, -0.2) is 35.8 Å². The minimum Gasteiger partial charge on any atom is -0.506 e. The number of carbonyl (C=O) groups is 1. The van der Waals surface area contributed by atoms with Crippen molar-refractivity contribution < 1.29 is 19.7 Å². The van der Waals surface area contributed by atoms with E-state index >= 15 is 0 Å². The summed E-state index contributed by atoms with van der Waals surface area (Å²) in [5, 5.41) is 25.2. The Labute approximate surface area is 105 Å². The van der Waals surface area contributed by atoms with Crippen LogP contribution in [0.2, 0.25) is 0 Å². The fraction of sp³-hybridized carbons (Fsp3) is 0.417. The molecule has 1 unspecified atom stereocenters. The van der Waals surface area contributed by atoms with Crippen LogP contribution in [0, 0.1) is 0 Å². The molecule has 6 nitrogen and oxygen atoms in total. The number of amides is 1. The number of aliphatic hydroxyl groups excluding tert-OH is 1. The first kappa shape index (κ1) is 12.7. The molecule has 1 aromatic carbocycles. The van der Waals surface area contributed by atoms with Crippen molar-refractivity contribution >= 4 is 11.6 Å². The number of hydrogen-bond acceptors (Lipinski definition) is 5. The second kappa shape index (κ2) is 5.24. The van der Waals surface area contributed by atoms with Crippen molar-refractivity contribution in [3.8, 4) is 11.5 Å². The van der Waals surface area contributed by atoms with Crippen molar-refractivity contribution in [2.24, 2.45) is 0 Å². The summed E-state index contributed by atoms with van der Waals surface area (Å²) in [6, 6.07) is 3.02. The van der Waals surface area contributed by atoms with Gasteiger partial charge in [-0.15, -0.1) is 0 Å². The molecule has 4 N–H and O–H groups in total. The third-order valence-electron chi connectivity index (χ3n) is 2.72. The van der Waals surface area contributed by atoms with Gasteiger partial charge in [0.15, 0.2) is 12.4 Å². The zero-order chi connectivity index (χ0) is 13.1. The first-order valence-corrected chi connectivity index (χ1v) is 5.80. The lowest BCUT2D eigenvalue weighted by Gasteiger charge is -2.23. The lowest BCUT2D eigenvalue weighted by molar-refractivity contribution is -0.118. The number of likely N-dealkylation sites (N-methyl/N-ethyl adjacent to an activating group) is 1. The quantitative estimate of drug-likeness (QED) is 0.581. The average molecular weight is 252 g/mol. The van der Waals surface area contributed by atoms with Gasteiger partial charge in [-0.1, -0.05) is 6.92 Å². The Morgan fingerprint density at radius 3 is 3.06 bits per heavy atom. The Morgan fingerprint density at radius 2 is 2.33 bits per heavy atom. The topological polar surface area (TPSA) is 90.8 Å². The molecule has 0 spiro atoms. The minimum absolute atomic E-state index is 0.0718. The molecular formula is C12H16N2O4. The summed E-state index contributed by atoms with van der Waals surface area (Å²) >= 11 is 0. The van der Waals surface area contributed by atoms with Crippen molar-refractivity contribution in [3.05, 3.63) is 17.7 Å². The number of aromatic hydroxyl groups is 1. The van der Waals surface area contributed by atoms with Crippen LogP contribution in [0.3, 0.4) is 0 Å². The molecule has 1 aromatic rings. The Kier molecular flexibility index (Phi) is 3.69. The smallest absolute Gasteiger partial charge is 0.262 e. The summed E-state index contributed by atoms with van der Waals surface area (Å²) in [7, 11) is 0. The maximum atomic E-state index is 11.2. The molecule has 0 saturated heterocycles. The molecule has 1 heterocycles. The van der Waals surface area contributed by atoms with Crippen molar-refractivity contribution in [3.63, 3.8) is 0 Å². The van der Waals surface area contributed by atoms with Crippen LogP contribution in [0.15, 0.2) is 12.1 Å². The Balaban J connectivity index is 2.32. The van der Waals surface area contributed by atoms with E-state index in [1.807, 2.05) is 6.92 Å². The number of phenolic OH excluding ortho intramolecular Hbond substituents is 1. The molecule has 0 bridgehead atoms. The van der Waals surface area contributed by atoms with Crippen LogP contribution in [0.1, 0.15) is 18.6 Å². The zero-order valence-electron chi connectivity index (χ0n) is 10.1. The number of nitrogens with one attached hydrogen (secondary N) is 2. The van der Waals surface area contributed by atoms with E-state index in [1.165, 1.54) is 6.07 Å². The van der Waals surface area contributed by atoms with E-state index in [0.29, 0.717) is 17.9 Å². The van der Waals surface area contributed by atoms with Gasteiger partial charge in [-0.05, 0) is 18.7 Å². The van der Waals surface area contributed by atoms with Crippen LogP contribution in [0.25, 0.3) is 0 Å². The van der Waals surface area contributed by atoms with Crippen molar-refractivity contribution in [1.29, 1.82) is 0 Å². The predicted octanol–water partition coefficient (Wildman–Crippen LogP) is 0.366. The molecule has 0 radical (unpaired) electrons. The molecule has 1 atom stereocenters. The van der Waals surface area contributed by atoms with E-state index in [9.17, 15) is 15.0 Å². The van der Waals surface area contributed by atoms with Crippen molar-refractivity contribution in [2.45, 2.75) is 13.0 Å². The van der Waals surface area contributed by atoms with Crippen LogP contribution in [0.5, 0.6) is 11.5 Å². The molecular weight excluding hydrogens is 236 g/mol. The third kappa shape index (κ3) is 2.39. The molecule has 1 aliphatic rings. The van der Waals surface area contributed by atoms with Gasteiger partial charge in [0, 0.05) is 12.1 Å². The highest BCUT2D eigenvalue weighted by Crippen LogP contribution is 2.41. The van der Waals surface area contributed by atoms with E-state index in [0.717, 1.165) is 6.54 Å². The number of hydrogen-bond donors (Lipinski definition) is 4. The summed E-state index contributed by atoms with van der Waals surface area (Å²) in [6.45, 7) is 2.95. The fourth-order valence-corrected chi connectivity index (χ4v) is 1.83. The van der Waals surface area contributed by atoms with Crippen molar-refractivity contribution in [1.82, 2.24) is 5.32 Å². The predicted molar refractivity (Wildman–Crippen MR) is 65.7 cm³/mol. The SMILES string of the molecule is CCNCC(O)c1ccc(O)c2c1OCC(=O)N2. The molecule has 0 saturated carbocycles. The molecule has 0 aliphatic carbocycles. The number of phenols is 1. The number of carbonyl (C=O) groups excluding carboxylic acids is 1. The number of ether oxygens (including phenoxy) is 1. The van der Waals surface area contributed by atoms with Crippen LogP contribution < -0.4 is 15.4 Å². The third-order valence-corrected chi connectivity index (χ3v) is 2.72. The molecule has 18 heavy (non-hydrogen) atoms. The van der Waals surface area contributed by atoms with Gasteiger partial charge >= 0.3 is 0 Å². The normalized spacial score (nSPS) is 15.6. The standard InChI is InChI=1S/C12H16N2O4/c1-2-13-5-9(16)7-3-4-8(15)11-12(7)18-6-10(17)14-11/h3-4,9,13,15-16H,2,5-6H2,1H3,(H,14,17). The molecule has 98 valence electrons. The number of rotatable bonds is 4.